The number of pyridine rings is 11. The number of hydrogen-bond acceptors (Lipinski definition) is 30. The Morgan fingerprint density at radius 2 is 0.966 bits per heavy atom. The topological polar surface area (TPSA) is 534 Å². The summed E-state index contributed by atoms with van der Waals surface area (Å²) in [5.74, 6) is -2.00. The molecule has 3 aliphatic rings. The van der Waals surface area contributed by atoms with Crippen LogP contribution < -0.4 is 37.5 Å². The predicted molar refractivity (Wildman–Crippen MR) is 538 cm³/mol. The predicted octanol–water partition coefficient (Wildman–Crippen LogP) is 14.4. The number of hydrogen-bond donors (Lipinski definition) is 7. The molecule has 3 aromatic carbocycles. The van der Waals surface area contributed by atoms with Gasteiger partial charge in [0.25, 0.3) is 20.0 Å². The first kappa shape index (κ1) is 106. The summed E-state index contributed by atoms with van der Waals surface area (Å²) in [5.41, 5.74) is 21.7. The van der Waals surface area contributed by atoms with E-state index in [1.54, 1.807) is 124 Å². The molecule has 12 aromatic heterocycles. The molecule has 2 saturated carbocycles. The molecule has 2 aliphatic carbocycles. The van der Waals surface area contributed by atoms with Gasteiger partial charge in [-0.3, -0.25) is 53.6 Å². The van der Waals surface area contributed by atoms with Gasteiger partial charge in [0, 0.05) is 180 Å². The number of amides is 4. The number of nitrogens with zero attached hydrogens (tertiary/aromatic N) is 15. The van der Waals surface area contributed by atoms with Crippen LogP contribution >= 0.6 is 0 Å². The second kappa shape index (κ2) is 44.7. The van der Waals surface area contributed by atoms with E-state index in [1.807, 2.05) is 50.4 Å². The molecule has 756 valence electrons. The molecular weight excluding hydrogens is 1990 g/mol. The number of ketones is 1. The van der Waals surface area contributed by atoms with E-state index in [0.717, 1.165) is 62.6 Å². The number of likely N-dealkylation sites (N-methyl/N-ethyl adjacent to an activating group) is 1. The highest BCUT2D eigenvalue weighted by Gasteiger charge is 2.40. The Kier molecular flexibility index (Phi) is 32.5. The van der Waals surface area contributed by atoms with Crippen molar-refractivity contribution in [3.05, 3.63) is 283 Å². The molecule has 146 heavy (non-hydrogen) atoms. The van der Waals surface area contributed by atoms with Gasteiger partial charge in [0.05, 0.1) is 39.2 Å². The highest BCUT2D eigenvalue weighted by molar-refractivity contribution is 7.93. The summed E-state index contributed by atoms with van der Waals surface area (Å²) >= 11 is 0. The number of halogens is 5. The van der Waals surface area contributed by atoms with Crippen LogP contribution in [0.1, 0.15) is 92.8 Å². The number of Topliss-reactive ketones (excluding diaryl/α,β-unsaturated/α-hetero) is 1. The van der Waals surface area contributed by atoms with Gasteiger partial charge in [-0.15, -0.1) is 0 Å². The van der Waals surface area contributed by atoms with Crippen LogP contribution in [-0.2, 0) is 97.8 Å². The number of sulfonamides is 2. The fourth-order valence-electron chi connectivity index (χ4n) is 14.9. The molecule has 0 unspecified atom stereocenters. The number of nitrogens with two attached hydrogens (primary N) is 2. The SMILES string of the molecule is CC(=O)Nc1cc(-c2cnc(C)c(CS(=O)(=O)c3ccc(C(F)(F)F)nc3)c2)ccn1.CC(=O)Nc1cc(-c2cnc(N)c(S(=O)(=O)Cc3ccc4ccccc4c3)c2)ccn1.CC(=O)Nc1cc(-c2cnc(N)c(S(=O)(=O)N3CCN(C)CC3)c2)ccn1.CC(=O)Nc1cc(-c2cnc3cnn(S(=O)(=O)C4CC4)c3c2)ccn1.Cc1cnc(CC(=O)C2CC2)cc1-c1cnc(C)c(NS(=O)(=O)c2ccc(F)cc2F)c1. The number of rotatable bonds is 25. The summed E-state index contributed by atoms with van der Waals surface area (Å²) in [7, 11) is -17.3. The number of fused-ring (bicyclic) bond motifs is 2. The van der Waals surface area contributed by atoms with Gasteiger partial charge in [0.15, 0.2) is 19.7 Å². The Labute approximate surface area is 835 Å². The second-order valence-corrected chi connectivity index (χ2v) is 43.8. The number of alkyl halides is 3. The fourth-order valence-corrected chi connectivity index (χ4v) is 22.1. The molecular formula is C99H95F5N22O15S5. The minimum atomic E-state index is -4.65. The van der Waals surface area contributed by atoms with E-state index in [2.05, 4.69) is 90.8 Å². The normalized spacial score (nSPS) is 13.5. The van der Waals surface area contributed by atoms with Crippen molar-refractivity contribution in [3.63, 3.8) is 0 Å². The monoisotopic (exact) mass is 2090 g/mol. The number of piperazine rings is 1. The first-order valence-electron chi connectivity index (χ1n) is 44.7. The van der Waals surface area contributed by atoms with Crippen molar-refractivity contribution < 1.29 is 88.0 Å². The summed E-state index contributed by atoms with van der Waals surface area (Å²) in [6, 6.07) is 40.4. The third-order valence-corrected chi connectivity index (χ3v) is 31.6. The third-order valence-electron chi connectivity index (χ3n) is 22.8. The first-order valence-corrected chi connectivity index (χ1v) is 52.5. The van der Waals surface area contributed by atoms with Crippen LogP contribution in [0.3, 0.4) is 0 Å². The Morgan fingerprint density at radius 3 is 1.49 bits per heavy atom. The average Bonchev–Trinajstić information content (AvgIpc) is 1.60. The Morgan fingerprint density at radius 1 is 0.452 bits per heavy atom. The summed E-state index contributed by atoms with van der Waals surface area (Å²) < 4.78 is 198. The van der Waals surface area contributed by atoms with Crippen molar-refractivity contribution in [2.75, 3.05) is 70.7 Å². The molecule has 0 radical (unpaired) electrons. The van der Waals surface area contributed by atoms with Crippen LogP contribution in [-0.4, -0.2) is 183 Å². The van der Waals surface area contributed by atoms with Crippen molar-refractivity contribution in [2.45, 2.75) is 123 Å². The minimum Gasteiger partial charge on any atom is -0.383 e. The summed E-state index contributed by atoms with van der Waals surface area (Å²) in [6.45, 7) is 12.8. The molecule has 37 nitrogen and oxygen atoms in total. The van der Waals surface area contributed by atoms with Crippen molar-refractivity contribution in [1.29, 1.82) is 0 Å². The maximum absolute atomic E-state index is 14.0. The van der Waals surface area contributed by atoms with Gasteiger partial charge in [0.2, 0.25) is 33.7 Å². The molecule has 0 bridgehead atoms. The van der Waals surface area contributed by atoms with Gasteiger partial charge in [-0.2, -0.15) is 26.7 Å². The molecule has 13 heterocycles. The molecule has 0 atom stereocenters. The maximum atomic E-state index is 14.0. The Balaban J connectivity index is 0.000000145. The van der Waals surface area contributed by atoms with E-state index < -0.39 is 83.9 Å². The van der Waals surface area contributed by atoms with Crippen molar-refractivity contribution in [3.8, 4) is 55.6 Å². The van der Waals surface area contributed by atoms with Crippen LogP contribution in [0, 0.1) is 38.3 Å². The van der Waals surface area contributed by atoms with Crippen LogP contribution in [0.15, 0.2) is 252 Å². The number of benzene rings is 3. The van der Waals surface area contributed by atoms with E-state index in [-0.39, 0.29) is 84.8 Å². The van der Waals surface area contributed by atoms with Crippen LogP contribution in [0.25, 0.3) is 77.4 Å². The van der Waals surface area contributed by atoms with Crippen LogP contribution in [0.5, 0.6) is 0 Å². The quantitative estimate of drug-likeness (QED) is 0.0261. The van der Waals surface area contributed by atoms with Gasteiger partial charge in [-0.25, -0.2) is 80.8 Å². The van der Waals surface area contributed by atoms with Gasteiger partial charge in [0.1, 0.15) is 83.7 Å². The lowest BCUT2D eigenvalue weighted by molar-refractivity contribution is -0.141. The molecule has 0 spiro atoms. The molecule has 15 aromatic rings. The van der Waals surface area contributed by atoms with Crippen molar-refractivity contribution in [1.82, 2.24) is 73.2 Å². The Bertz CT molecular complexity index is 8190. The zero-order valence-electron chi connectivity index (χ0n) is 79.3. The lowest BCUT2D eigenvalue weighted by Crippen LogP contribution is -2.47. The van der Waals surface area contributed by atoms with Crippen molar-refractivity contribution >= 4 is 142 Å². The third kappa shape index (κ3) is 27.0. The number of anilines is 7. The molecule has 4 amide bonds. The number of sulfone groups is 2. The molecule has 1 aliphatic heterocycles. The van der Waals surface area contributed by atoms with E-state index in [0.29, 0.717) is 164 Å². The van der Waals surface area contributed by atoms with E-state index in [4.69, 9.17) is 11.5 Å². The zero-order chi connectivity index (χ0) is 105. The highest BCUT2D eigenvalue weighted by atomic mass is 32.2. The van der Waals surface area contributed by atoms with E-state index in [1.165, 1.54) is 81.3 Å². The molecule has 18 rings (SSSR count). The number of carbonyl (C=O) groups is 5. The molecule has 47 heteroatoms. The lowest BCUT2D eigenvalue weighted by atomic mass is 10.0. The van der Waals surface area contributed by atoms with Crippen LogP contribution in [0.4, 0.5) is 62.5 Å². The van der Waals surface area contributed by atoms with Crippen molar-refractivity contribution in [2.24, 2.45) is 5.92 Å². The molecule has 3 fully saturated rings. The fraction of sp³-hybridized carbons (Fsp3) is 0.222. The van der Waals surface area contributed by atoms with Gasteiger partial charge < -0.3 is 37.6 Å². The first-order chi connectivity index (χ1) is 69.1. The smallest absolute Gasteiger partial charge is 0.383 e. The largest absolute Gasteiger partial charge is 0.433 e. The molecule has 9 N–H and O–H groups in total. The summed E-state index contributed by atoms with van der Waals surface area (Å²) in [6.07, 6.45) is 16.5. The Hall–Kier alpha value is -15.7. The maximum Gasteiger partial charge on any atom is 0.433 e. The van der Waals surface area contributed by atoms with Gasteiger partial charge >= 0.3 is 6.18 Å². The van der Waals surface area contributed by atoms with Crippen LogP contribution in [0.2, 0.25) is 0 Å². The highest BCUT2D eigenvalue weighted by Crippen LogP contribution is 2.39. The number of aromatic nitrogens is 13. The second-order valence-electron chi connectivity index (χ2n) is 34.2. The lowest BCUT2D eigenvalue weighted by Gasteiger charge is -2.31. The van der Waals surface area contributed by atoms with Gasteiger partial charge in [-0.05, 0) is 218 Å². The summed E-state index contributed by atoms with van der Waals surface area (Å²) in [4.78, 5) is 103. The summed E-state index contributed by atoms with van der Waals surface area (Å²) in [5, 5.41) is 16.1. The van der Waals surface area contributed by atoms with E-state index in [9.17, 15) is 88.0 Å². The number of carbonyl (C=O) groups excluding carboxylic acids is 5. The average molecular weight is 2090 g/mol. The standard InChI is InChI=1S/C23H21F2N3O3S.C23H20N4O3S.C20H17F3N4O3S.C17H22N6O3S.C16H15N5O3S/c1-13-11-27-18(10-22(29)15-3-4-15)9-19(13)16-7-21(14(2)26-12-16)28-32(30,31)23-6-5-17(24)8-20(23)25;1-15(28)27-22-12-19(8-9-25-22)20-11-21(23(24)26-13-20)31(29,30)14-16-6-7-17-4-2-3-5-18(17)10-16;1-12-16(11-31(29,30)17-3-4-18(26-10-17)20(21,22)23)7-15(9-25-12)14-5-6-24-19(8-14)27-13(2)28;1-12(24)21-16-10-13(3-4-19-16)14-9-15(17(18)20-11-14)27(25,26)23-7-5-22(2)6-8-23;1-10(22)20-16-7-11(4-5-17-16)12-6-15-14(18-8-12)9-19-21(15)25(23,24)13-2-3-13/h5-9,11-12,15,28H,3-4,10H2,1-2H3;2-13H,14H2,1H3,(H2,24,26)(H,25,27,28);3-10H,11H2,1-2H3,(H,24,27,28);3-4,9-11H,5-8H2,1-2H3,(H2,18,20)(H,19,21,24);4-9,13H,2-3H2,1H3,(H,17,20,22). The number of aryl methyl sites for hydroxylation is 3. The zero-order valence-corrected chi connectivity index (χ0v) is 83.4. The number of nitrogen functional groups attached to an aromatic ring is 2. The number of nitrogens with one attached hydrogen (secondary N) is 5. The van der Waals surface area contributed by atoms with E-state index >= 15 is 0 Å². The van der Waals surface area contributed by atoms with Gasteiger partial charge in [-0.1, -0.05) is 42.5 Å². The minimum absolute atomic E-state index is 0.0116. The molecule has 1 saturated heterocycles.